The monoisotopic (exact) mass is 485 g/mol. The predicted octanol–water partition coefficient (Wildman–Crippen LogP) is 3.92. The third-order valence-electron chi connectivity index (χ3n) is 4.40. The maximum absolute atomic E-state index is 12.9. The van der Waals surface area contributed by atoms with Gasteiger partial charge < -0.3 is 10.6 Å². The smallest absolute Gasteiger partial charge is 0.343 e. The fourth-order valence-electron chi connectivity index (χ4n) is 2.85. The Balaban J connectivity index is 2.31. The topological polar surface area (TPSA) is 104 Å². The van der Waals surface area contributed by atoms with E-state index < -0.39 is 40.1 Å². The number of hydrogen-bond donors (Lipinski definition) is 3. The molecule has 0 saturated carbocycles. The highest BCUT2D eigenvalue weighted by Crippen LogP contribution is 2.22. The number of nitrogens with one attached hydrogen (secondary N) is 3. The van der Waals surface area contributed by atoms with E-state index in [9.17, 15) is 31.2 Å². The van der Waals surface area contributed by atoms with E-state index in [0.29, 0.717) is 11.1 Å². The van der Waals surface area contributed by atoms with E-state index >= 15 is 0 Å². The van der Waals surface area contributed by atoms with Crippen LogP contribution in [-0.4, -0.2) is 38.5 Å². The number of sulfonamides is 1. The minimum Gasteiger partial charge on any atom is -0.343 e. The average Bonchev–Trinajstić information content (AvgIpc) is 2.65. The zero-order valence-corrected chi connectivity index (χ0v) is 19.7. The molecule has 2 rings (SSSR count). The van der Waals surface area contributed by atoms with Crippen molar-refractivity contribution in [3.63, 3.8) is 0 Å². The van der Waals surface area contributed by atoms with Crippen LogP contribution >= 0.6 is 0 Å². The van der Waals surface area contributed by atoms with Gasteiger partial charge in [0.2, 0.25) is 10.0 Å². The van der Waals surface area contributed by atoms with Crippen molar-refractivity contribution >= 4 is 27.5 Å². The Morgan fingerprint density at radius 3 is 2.09 bits per heavy atom. The molecule has 2 aromatic rings. The first-order valence-corrected chi connectivity index (χ1v) is 11.4. The SMILES string of the molecule is Cc1ccc(C(=O)NCC(F)(F)F)cc1NC(=O)c1cc(S(=O)(=O)NC(C)(C)C)ccc1C. The van der Waals surface area contributed by atoms with Crippen LogP contribution in [0.3, 0.4) is 0 Å². The van der Waals surface area contributed by atoms with Crippen molar-refractivity contribution in [2.24, 2.45) is 0 Å². The number of carbonyl (C=O) groups excluding carboxylic acids is 2. The van der Waals surface area contributed by atoms with Crippen molar-refractivity contribution in [2.45, 2.75) is 51.2 Å². The lowest BCUT2D eigenvalue weighted by atomic mass is 10.1. The molecule has 0 heterocycles. The molecule has 11 heteroatoms. The van der Waals surface area contributed by atoms with Crippen LogP contribution in [-0.2, 0) is 10.0 Å². The minimum absolute atomic E-state index is 0.0671. The number of anilines is 1. The molecule has 0 fully saturated rings. The summed E-state index contributed by atoms with van der Waals surface area (Å²) in [5.74, 6) is -1.57. The van der Waals surface area contributed by atoms with Gasteiger partial charge in [-0.3, -0.25) is 9.59 Å². The van der Waals surface area contributed by atoms with Crippen LogP contribution in [0, 0.1) is 13.8 Å². The summed E-state index contributed by atoms with van der Waals surface area (Å²) in [5, 5.41) is 4.38. The van der Waals surface area contributed by atoms with Gasteiger partial charge in [0.05, 0.1) is 4.90 Å². The van der Waals surface area contributed by atoms with Crippen LogP contribution < -0.4 is 15.4 Å². The molecule has 180 valence electrons. The molecule has 2 amide bonds. The summed E-state index contributed by atoms with van der Waals surface area (Å²) in [6.07, 6.45) is -4.55. The van der Waals surface area contributed by atoms with Crippen LogP contribution in [0.25, 0.3) is 0 Å². The number of benzene rings is 2. The molecule has 7 nitrogen and oxygen atoms in total. The summed E-state index contributed by atoms with van der Waals surface area (Å²) >= 11 is 0. The van der Waals surface area contributed by atoms with Crippen LogP contribution in [0.15, 0.2) is 41.3 Å². The summed E-state index contributed by atoms with van der Waals surface area (Å²) in [6, 6.07) is 8.22. The van der Waals surface area contributed by atoms with Crippen molar-refractivity contribution in [2.75, 3.05) is 11.9 Å². The van der Waals surface area contributed by atoms with Gasteiger partial charge in [0.15, 0.2) is 0 Å². The Hall–Kier alpha value is -2.92. The second kappa shape index (κ2) is 9.52. The van der Waals surface area contributed by atoms with E-state index in [1.807, 2.05) is 0 Å². The van der Waals surface area contributed by atoms with Crippen molar-refractivity contribution < 1.29 is 31.2 Å². The maximum Gasteiger partial charge on any atom is 0.405 e. The molecule has 0 aromatic heterocycles. The molecular formula is C22H26F3N3O4S. The van der Waals surface area contributed by atoms with Gasteiger partial charge in [-0.15, -0.1) is 0 Å². The lowest BCUT2D eigenvalue weighted by molar-refractivity contribution is -0.123. The highest BCUT2D eigenvalue weighted by molar-refractivity contribution is 7.89. The first-order valence-electron chi connectivity index (χ1n) is 9.90. The van der Waals surface area contributed by atoms with Gasteiger partial charge in [0.25, 0.3) is 11.8 Å². The minimum atomic E-state index is -4.55. The van der Waals surface area contributed by atoms with Crippen LogP contribution in [0.4, 0.5) is 18.9 Å². The molecule has 0 aliphatic rings. The molecule has 2 aromatic carbocycles. The van der Waals surface area contributed by atoms with E-state index in [2.05, 4.69) is 10.0 Å². The molecule has 0 saturated heterocycles. The zero-order valence-electron chi connectivity index (χ0n) is 18.8. The van der Waals surface area contributed by atoms with Gasteiger partial charge in [-0.05, 0) is 70.0 Å². The Morgan fingerprint density at radius 2 is 1.52 bits per heavy atom. The second-order valence-electron chi connectivity index (χ2n) is 8.61. The molecule has 0 aliphatic heterocycles. The standard InChI is InChI=1S/C22H26F3N3O4S/c1-13-7-9-16(33(31,32)28-21(3,4)5)11-17(13)20(30)27-18-10-15(8-6-14(18)2)19(29)26-12-22(23,24)25/h6-11,28H,12H2,1-5H3,(H,26,29)(H,27,30). The predicted molar refractivity (Wildman–Crippen MR) is 119 cm³/mol. The normalized spacial score (nSPS) is 12.4. The number of amides is 2. The number of rotatable bonds is 6. The van der Waals surface area contributed by atoms with Gasteiger partial charge in [-0.1, -0.05) is 12.1 Å². The van der Waals surface area contributed by atoms with Crippen LogP contribution in [0.1, 0.15) is 52.6 Å². The van der Waals surface area contributed by atoms with Crippen molar-refractivity contribution in [1.82, 2.24) is 10.0 Å². The van der Waals surface area contributed by atoms with Gasteiger partial charge in [0.1, 0.15) is 6.54 Å². The lowest BCUT2D eigenvalue weighted by Crippen LogP contribution is -2.40. The number of halogens is 3. The zero-order chi connectivity index (χ0) is 25.2. The van der Waals surface area contributed by atoms with Gasteiger partial charge in [-0.25, -0.2) is 13.1 Å². The molecule has 0 radical (unpaired) electrons. The Bertz CT molecular complexity index is 1170. The highest BCUT2D eigenvalue weighted by Gasteiger charge is 2.28. The third-order valence-corrected chi connectivity index (χ3v) is 6.16. The maximum atomic E-state index is 12.9. The van der Waals surface area contributed by atoms with Crippen LogP contribution in [0.2, 0.25) is 0 Å². The Morgan fingerprint density at radius 1 is 0.909 bits per heavy atom. The van der Waals surface area contributed by atoms with Crippen LogP contribution in [0.5, 0.6) is 0 Å². The second-order valence-corrected chi connectivity index (χ2v) is 10.3. The molecule has 3 N–H and O–H groups in total. The van der Waals surface area contributed by atoms with E-state index in [4.69, 9.17) is 0 Å². The molecule has 0 atom stereocenters. The van der Waals surface area contributed by atoms with Gasteiger partial charge in [-0.2, -0.15) is 13.2 Å². The van der Waals surface area contributed by atoms with Crippen molar-refractivity contribution in [3.8, 4) is 0 Å². The summed E-state index contributed by atoms with van der Waals surface area (Å²) in [7, 11) is -3.88. The summed E-state index contributed by atoms with van der Waals surface area (Å²) in [4.78, 5) is 24.9. The fourth-order valence-corrected chi connectivity index (χ4v) is 4.29. The Kier molecular flexibility index (Phi) is 7.60. The summed E-state index contributed by atoms with van der Waals surface area (Å²) in [5.41, 5.74) is 0.586. The van der Waals surface area contributed by atoms with Gasteiger partial charge in [0, 0.05) is 22.4 Å². The molecule has 0 bridgehead atoms. The number of hydrogen-bond acceptors (Lipinski definition) is 4. The summed E-state index contributed by atoms with van der Waals surface area (Å²) in [6.45, 7) is 6.86. The number of alkyl halides is 3. The fraction of sp³-hybridized carbons (Fsp3) is 0.364. The van der Waals surface area contributed by atoms with E-state index in [0.717, 1.165) is 0 Å². The lowest BCUT2D eigenvalue weighted by Gasteiger charge is -2.21. The molecule has 0 spiro atoms. The molecule has 33 heavy (non-hydrogen) atoms. The van der Waals surface area contributed by atoms with E-state index in [-0.39, 0.29) is 21.7 Å². The van der Waals surface area contributed by atoms with Crippen molar-refractivity contribution in [1.29, 1.82) is 0 Å². The largest absolute Gasteiger partial charge is 0.405 e. The summed E-state index contributed by atoms with van der Waals surface area (Å²) < 4.78 is 64.9. The number of aryl methyl sites for hydroxylation is 2. The van der Waals surface area contributed by atoms with E-state index in [1.54, 1.807) is 39.9 Å². The molecular weight excluding hydrogens is 459 g/mol. The Labute approximate surface area is 190 Å². The third kappa shape index (κ3) is 7.57. The molecule has 0 unspecified atom stereocenters. The first-order chi connectivity index (χ1) is 15.0. The van der Waals surface area contributed by atoms with Gasteiger partial charge >= 0.3 is 6.18 Å². The quantitative estimate of drug-likeness (QED) is 0.577. The number of carbonyl (C=O) groups is 2. The van der Waals surface area contributed by atoms with E-state index in [1.165, 1.54) is 36.4 Å². The highest BCUT2D eigenvalue weighted by atomic mass is 32.2. The average molecular weight is 486 g/mol. The van der Waals surface area contributed by atoms with Crippen molar-refractivity contribution in [3.05, 3.63) is 58.7 Å². The first kappa shape index (κ1) is 26.3. The molecule has 0 aliphatic carbocycles.